The van der Waals surface area contributed by atoms with E-state index in [9.17, 15) is 22.8 Å². The summed E-state index contributed by atoms with van der Waals surface area (Å²) < 4.78 is 29.2. The van der Waals surface area contributed by atoms with Crippen LogP contribution in [0, 0.1) is 5.92 Å². The van der Waals surface area contributed by atoms with Crippen molar-refractivity contribution in [1.82, 2.24) is 15.4 Å². The molecule has 0 saturated heterocycles. The fourth-order valence-corrected chi connectivity index (χ4v) is 3.77. The second kappa shape index (κ2) is 11.8. The number of halogens is 1. The van der Waals surface area contributed by atoms with Crippen LogP contribution in [0.4, 0.5) is 4.79 Å². The van der Waals surface area contributed by atoms with E-state index in [0.29, 0.717) is 12.5 Å². The van der Waals surface area contributed by atoms with Crippen molar-refractivity contribution >= 4 is 48.3 Å². The molecule has 27 heavy (non-hydrogen) atoms. The molecule has 2 unspecified atom stereocenters. The quantitative estimate of drug-likeness (QED) is 0.226. The number of carbonyl (C=O) groups is 3. The molecule has 1 saturated carbocycles. The van der Waals surface area contributed by atoms with Crippen molar-refractivity contribution in [2.45, 2.75) is 57.6 Å². The van der Waals surface area contributed by atoms with Crippen LogP contribution in [-0.2, 0) is 24.3 Å². The number of amides is 3. The predicted octanol–water partition coefficient (Wildman–Crippen LogP) is 1.07. The van der Waals surface area contributed by atoms with Crippen LogP contribution in [0.1, 0.15) is 45.4 Å². The SMILES string of the molecule is CC(OCC1CCCCC1)C(NC(=O)I)C(=O)NCCC(=O)NS(C)(=O)=O. The van der Waals surface area contributed by atoms with Crippen molar-refractivity contribution in [3.8, 4) is 0 Å². The maximum Gasteiger partial charge on any atom is 0.281 e. The van der Waals surface area contributed by atoms with Gasteiger partial charge in [0, 0.05) is 42.2 Å². The van der Waals surface area contributed by atoms with Gasteiger partial charge in [-0.1, -0.05) is 19.3 Å². The largest absolute Gasteiger partial charge is 0.376 e. The van der Waals surface area contributed by atoms with Gasteiger partial charge in [0.1, 0.15) is 6.04 Å². The Balaban J connectivity index is 2.49. The third kappa shape index (κ3) is 10.8. The van der Waals surface area contributed by atoms with E-state index in [1.807, 2.05) is 4.72 Å². The average Bonchev–Trinajstić information content (AvgIpc) is 2.56. The Labute approximate surface area is 173 Å². The van der Waals surface area contributed by atoms with Crippen LogP contribution in [-0.4, -0.2) is 55.7 Å². The van der Waals surface area contributed by atoms with Crippen LogP contribution >= 0.6 is 22.6 Å². The Bertz CT molecular complexity index is 622. The van der Waals surface area contributed by atoms with E-state index in [1.165, 1.54) is 19.3 Å². The van der Waals surface area contributed by atoms with Crippen molar-refractivity contribution in [3.63, 3.8) is 0 Å². The lowest BCUT2D eigenvalue weighted by Gasteiger charge is -2.27. The standard InChI is InChI=1S/C16H28IN3O6S/c1-11(26-10-12-6-4-3-5-7-12)14(19-16(17)23)15(22)18-9-8-13(21)20-27(2,24)25/h11-12,14H,3-10H2,1-2H3,(H,18,22)(H,19,23)(H,20,21). The monoisotopic (exact) mass is 517 g/mol. The topological polar surface area (TPSA) is 131 Å². The zero-order valence-corrected chi connectivity index (χ0v) is 18.6. The Morgan fingerprint density at radius 3 is 2.37 bits per heavy atom. The summed E-state index contributed by atoms with van der Waals surface area (Å²) in [7, 11) is -3.63. The number of sulfonamides is 1. The van der Waals surface area contributed by atoms with Gasteiger partial charge in [-0.25, -0.2) is 8.42 Å². The van der Waals surface area contributed by atoms with Gasteiger partial charge in [0.05, 0.1) is 12.4 Å². The minimum absolute atomic E-state index is 0.0524. The lowest BCUT2D eigenvalue weighted by molar-refractivity contribution is -0.127. The predicted molar refractivity (Wildman–Crippen MR) is 109 cm³/mol. The molecule has 1 aliphatic carbocycles. The molecule has 156 valence electrons. The molecule has 2 atom stereocenters. The zero-order valence-electron chi connectivity index (χ0n) is 15.6. The van der Waals surface area contributed by atoms with Crippen LogP contribution in [0.2, 0.25) is 0 Å². The van der Waals surface area contributed by atoms with Crippen molar-refractivity contribution in [2.24, 2.45) is 5.92 Å². The first-order valence-electron chi connectivity index (χ1n) is 8.94. The molecule has 3 amide bonds. The molecule has 0 aromatic rings. The number of carbonyl (C=O) groups excluding carboxylic acids is 3. The first-order chi connectivity index (χ1) is 12.6. The summed E-state index contributed by atoms with van der Waals surface area (Å²) in [5, 5.41) is 5.09. The Kier molecular flexibility index (Phi) is 10.5. The second-order valence-corrected chi connectivity index (χ2v) is 9.50. The van der Waals surface area contributed by atoms with Crippen molar-refractivity contribution in [1.29, 1.82) is 0 Å². The minimum atomic E-state index is -3.63. The van der Waals surface area contributed by atoms with Gasteiger partial charge in [0.15, 0.2) is 0 Å². The first-order valence-corrected chi connectivity index (χ1v) is 11.9. The third-order valence-corrected chi connectivity index (χ3v) is 5.20. The molecule has 0 spiro atoms. The summed E-state index contributed by atoms with van der Waals surface area (Å²) in [6.07, 6.45) is 5.99. The van der Waals surface area contributed by atoms with E-state index in [-0.39, 0.29) is 13.0 Å². The maximum atomic E-state index is 12.4. The number of hydrogen-bond acceptors (Lipinski definition) is 6. The summed E-state index contributed by atoms with van der Waals surface area (Å²) in [5.41, 5.74) is 0. The lowest BCUT2D eigenvalue weighted by atomic mass is 9.90. The van der Waals surface area contributed by atoms with E-state index in [2.05, 4.69) is 10.6 Å². The third-order valence-electron chi connectivity index (χ3n) is 4.29. The molecule has 0 aromatic carbocycles. The van der Waals surface area contributed by atoms with Crippen LogP contribution < -0.4 is 15.4 Å². The van der Waals surface area contributed by atoms with Crippen LogP contribution in [0.3, 0.4) is 0 Å². The Hall–Kier alpha value is -0.950. The molecule has 3 N–H and O–H groups in total. The molecule has 11 heteroatoms. The maximum absolute atomic E-state index is 12.4. The molecule has 0 aromatic heterocycles. The summed E-state index contributed by atoms with van der Waals surface area (Å²) in [6.45, 7) is 2.21. The molecule has 1 aliphatic rings. The molecule has 0 radical (unpaired) electrons. The number of nitrogens with one attached hydrogen (secondary N) is 3. The number of rotatable bonds is 10. The van der Waals surface area contributed by atoms with Gasteiger partial charge in [0.25, 0.3) is 3.91 Å². The van der Waals surface area contributed by atoms with E-state index in [4.69, 9.17) is 4.74 Å². The van der Waals surface area contributed by atoms with Crippen LogP contribution in [0.15, 0.2) is 0 Å². The molecular weight excluding hydrogens is 489 g/mol. The lowest BCUT2D eigenvalue weighted by Crippen LogP contribution is -2.52. The molecule has 1 fully saturated rings. The van der Waals surface area contributed by atoms with E-state index >= 15 is 0 Å². The van der Waals surface area contributed by atoms with Gasteiger partial charge in [-0.15, -0.1) is 0 Å². The van der Waals surface area contributed by atoms with Gasteiger partial charge in [0.2, 0.25) is 21.8 Å². The summed E-state index contributed by atoms with van der Waals surface area (Å²) in [6, 6.07) is -0.893. The van der Waals surface area contributed by atoms with Gasteiger partial charge in [-0.2, -0.15) is 0 Å². The van der Waals surface area contributed by atoms with Gasteiger partial charge in [-0.05, 0) is 25.7 Å². The number of ether oxygens (including phenoxy) is 1. The minimum Gasteiger partial charge on any atom is -0.376 e. The van der Waals surface area contributed by atoms with Gasteiger partial charge < -0.3 is 15.4 Å². The smallest absolute Gasteiger partial charge is 0.281 e. The van der Waals surface area contributed by atoms with E-state index in [1.54, 1.807) is 29.5 Å². The molecule has 0 aliphatic heterocycles. The summed E-state index contributed by atoms with van der Waals surface area (Å²) in [5.74, 6) is -0.725. The van der Waals surface area contributed by atoms with Gasteiger partial charge in [-0.3, -0.25) is 19.1 Å². The Morgan fingerprint density at radius 1 is 1.19 bits per heavy atom. The highest BCUT2D eigenvalue weighted by Gasteiger charge is 2.28. The highest BCUT2D eigenvalue weighted by Crippen LogP contribution is 2.24. The highest BCUT2D eigenvalue weighted by molar-refractivity contribution is 14.1. The van der Waals surface area contributed by atoms with Crippen LogP contribution in [0.5, 0.6) is 0 Å². The zero-order chi connectivity index (χ0) is 20.4. The molecule has 9 nitrogen and oxygen atoms in total. The second-order valence-electron chi connectivity index (χ2n) is 6.78. The molecule has 0 heterocycles. The fraction of sp³-hybridized carbons (Fsp3) is 0.812. The van der Waals surface area contributed by atoms with Crippen molar-refractivity contribution in [2.75, 3.05) is 19.4 Å². The fourth-order valence-electron chi connectivity index (χ4n) is 2.92. The Morgan fingerprint density at radius 2 is 1.81 bits per heavy atom. The van der Waals surface area contributed by atoms with E-state index < -0.39 is 37.9 Å². The van der Waals surface area contributed by atoms with Crippen LogP contribution in [0.25, 0.3) is 0 Å². The molecule has 0 bridgehead atoms. The molecular formula is C16H28IN3O6S. The molecule has 1 rings (SSSR count). The summed E-state index contributed by atoms with van der Waals surface area (Å²) in [4.78, 5) is 35.3. The first kappa shape index (κ1) is 24.1. The summed E-state index contributed by atoms with van der Waals surface area (Å²) >= 11 is 1.54. The van der Waals surface area contributed by atoms with E-state index in [0.717, 1.165) is 19.1 Å². The van der Waals surface area contributed by atoms with Crippen molar-refractivity contribution < 1.29 is 27.5 Å². The normalized spacial score (nSPS) is 17.6. The highest BCUT2D eigenvalue weighted by atomic mass is 127. The van der Waals surface area contributed by atoms with Gasteiger partial charge >= 0.3 is 0 Å². The average molecular weight is 517 g/mol. The number of hydrogen-bond donors (Lipinski definition) is 3. The van der Waals surface area contributed by atoms with Crippen molar-refractivity contribution in [3.05, 3.63) is 0 Å².